The van der Waals surface area contributed by atoms with Crippen LogP contribution < -0.4 is 21.7 Å². The van der Waals surface area contributed by atoms with Gasteiger partial charge in [-0.1, -0.05) is 36.2 Å². The van der Waals surface area contributed by atoms with Crippen LogP contribution in [-0.2, 0) is 11.3 Å². The first-order valence-electron chi connectivity index (χ1n) is 13.8. The number of nitrogens with two attached hydrogens (primary N) is 2. The van der Waals surface area contributed by atoms with Crippen LogP contribution in [0.1, 0.15) is 53.8 Å². The number of primary amides is 1. The van der Waals surface area contributed by atoms with Crippen LogP contribution in [0.3, 0.4) is 0 Å². The van der Waals surface area contributed by atoms with Crippen molar-refractivity contribution in [2.24, 2.45) is 5.73 Å². The SMILES string of the molecule is CC[C@H]1CN(c2nc(N)c(C(N)=O)nc2Cl)CCN1C1CCN(Cc2ccc(Cl)cc2C2NC(=O)N(C)C2=O)CC1. The number of carbonyl (C=O) groups is 3. The number of hydrogen-bond donors (Lipinski definition) is 3. The van der Waals surface area contributed by atoms with Crippen LogP contribution in [0.5, 0.6) is 0 Å². The Kier molecular flexibility index (Phi) is 8.55. The minimum absolute atomic E-state index is 0.0182. The molecule has 41 heavy (non-hydrogen) atoms. The summed E-state index contributed by atoms with van der Waals surface area (Å²) in [7, 11) is 1.48. The fourth-order valence-electron chi connectivity index (χ4n) is 6.12. The van der Waals surface area contributed by atoms with Gasteiger partial charge in [0, 0.05) is 50.3 Å². The van der Waals surface area contributed by atoms with Gasteiger partial charge in [-0.2, -0.15) is 0 Å². The van der Waals surface area contributed by atoms with E-state index in [4.69, 9.17) is 34.7 Å². The summed E-state index contributed by atoms with van der Waals surface area (Å²) in [5, 5.41) is 3.42. The molecule has 1 aromatic heterocycles. The standard InChI is InChI=1S/C27H35Cl2N9O3/c1-3-17-14-37(25-22(29)32-21(24(31)39)23(30)34-25)10-11-38(17)18-6-8-36(9-7-18)13-15-4-5-16(28)12-19(15)20-26(40)35(2)27(41)33-20/h4-5,12,17-18,20H,3,6-11,13-14H2,1-2H3,(H2,30,34)(H2,31,39)(H,33,41)/t17-,20?/m0/s1. The minimum Gasteiger partial charge on any atom is -0.382 e. The van der Waals surface area contributed by atoms with Gasteiger partial charge in [0.05, 0.1) is 0 Å². The quantitative estimate of drug-likeness (QED) is 0.404. The normalized spacial score (nSPS) is 22.8. The molecule has 5 N–H and O–H groups in total. The number of anilines is 2. The fraction of sp³-hybridized carbons (Fsp3) is 0.519. The lowest BCUT2D eigenvalue weighted by molar-refractivity contribution is -0.126. The molecule has 3 aliphatic rings. The lowest BCUT2D eigenvalue weighted by atomic mass is 9.96. The van der Waals surface area contributed by atoms with E-state index in [1.54, 1.807) is 6.07 Å². The van der Waals surface area contributed by atoms with E-state index in [0.29, 0.717) is 36.0 Å². The van der Waals surface area contributed by atoms with Gasteiger partial charge in [-0.3, -0.25) is 24.3 Å². The summed E-state index contributed by atoms with van der Waals surface area (Å²) in [6, 6.07) is 5.17. The summed E-state index contributed by atoms with van der Waals surface area (Å²) in [5.41, 5.74) is 12.9. The third kappa shape index (κ3) is 5.92. The number of amides is 4. The third-order valence-electron chi connectivity index (χ3n) is 8.38. The average molecular weight is 605 g/mol. The van der Waals surface area contributed by atoms with Crippen molar-refractivity contribution in [1.29, 1.82) is 0 Å². The Labute approximate surface area is 248 Å². The monoisotopic (exact) mass is 603 g/mol. The predicted octanol–water partition coefficient (Wildman–Crippen LogP) is 2.25. The number of nitrogens with one attached hydrogen (secondary N) is 1. The maximum atomic E-state index is 12.7. The molecule has 3 aliphatic heterocycles. The Morgan fingerprint density at radius 3 is 2.49 bits per heavy atom. The molecule has 5 rings (SSSR count). The number of rotatable bonds is 7. The first kappa shape index (κ1) is 29.3. The molecule has 220 valence electrons. The Hall–Kier alpha value is -3.19. The van der Waals surface area contributed by atoms with Gasteiger partial charge in [0.25, 0.3) is 11.8 Å². The number of likely N-dealkylation sites (N-methyl/N-ethyl adjacent to an activating group) is 1. The van der Waals surface area contributed by atoms with Crippen molar-refractivity contribution in [3.63, 3.8) is 0 Å². The van der Waals surface area contributed by atoms with E-state index in [-0.39, 0.29) is 22.6 Å². The predicted molar refractivity (Wildman–Crippen MR) is 157 cm³/mol. The number of aromatic nitrogens is 2. The molecule has 4 amide bonds. The number of likely N-dealkylation sites (tertiary alicyclic amines) is 1. The van der Waals surface area contributed by atoms with Crippen LogP contribution in [0.4, 0.5) is 16.4 Å². The molecule has 2 aromatic rings. The highest BCUT2D eigenvalue weighted by Crippen LogP contribution is 2.31. The average Bonchev–Trinajstić information content (AvgIpc) is 3.22. The lowest BCUT2D eigenvalue weighted by Gasteiger charge is -2.47. The number of hydrogen-bond acceptors (Lipinski definition) is 9. The molecule has 4 heterocycles. The van der Waals surface area contributed by atoms with Crippen molar-refractivity contribution in [2.45, 2.75) is 50.9 Å². The van der Waals surface area contributed by atoms with Crippen LogP contribution >= 0.6 is 23.2 Å². The van der Waals surface area contributed by atoms with E-state index < -0.39 is 18.0 Å². The van der Waals surface area contributed by atoms with Gasteiger partial charge in [0.1, 0.15) is 6.04 Å². The second-order valence-corrected chi connectivity index (χ2v) is 11.6. The Balaban J connectivity index is 1.22. The molecular formula is C27H35Cl2N9O3. The number of nitrogen functional groups attached to an aromatic ring is 1. The van der Waals surface area contributed by atoms with Crippen molar-refractivity contribution in [1.82, 2.24) is 30.0 Å². The van der Waals surface area contributed by atoms with E-state index in [0.717, 1.165) is 61.5 Å². The van der Waals surface area contributed by atoms with Crippen LogP contribution in [0, 0.1) is 0 Å². The van der Waals surface area contributed by atoms with E-state index in [9.17, 15) is 14.4 Å². The molecule has 3 fully saturated rings. The van der Waals surface area contributed by atoms with Gasteiger partial charge >= 0.3 is 6.03 Å². The minimum atomic E-state index is -0.760. The summed E-state index contributed by atoms with van der Waals surface area (Å²) >= 11 is 12.7. The largest absolute Gasteiger partial charge is 0.382 e. The molecule has 0 saturated carbocycles. The third-order valence-corrected chi connectivity index (χ3v) is 8.87. The molecule has 0 aliphatic carbocycles. The van der Waals surface area contributed by atoms with Gasteiger partial charge in [-0.25, -0.2) is 14.8 Å². The summed E-state index contributed by atoms with van der Waals surface area (Å²) < 4.78 is 0. The van der Waals surface area contributed by atoms with Crippen LogP contribution in [0.25, 0.3) is 0 Å². The first-order valence-corrected chi connectivity index (χ1v) is 14.5. The van der Waals surface area contributed by atoms with Crippen molar-refractivity contribution in [3.05, 3.63) is 45.2 Å². The zero-order valence-corrected chi connectivity index (χ0v) is 24.7. The Morgan fingerprint density at radius 1 is 1.12 bits per heavy atom. The zero-order valence-electron chi connectivity index (χ0n) is 23.1. The van der Waals surface area contributed by atoms with E-state index in [2.05, 4.69) is 36.9 Å². The number of nitrogens with zero attached hydrogens (tertiary/aromatic N) is 6. The van der Waals surface area contributed by atoms with Crippen LogP contribution in [-0.4, -0.2) is 94.4 Å². The van der Waals surface area contributed by atoms with Crippen LogP contribution in [0.2, 0.25) is 10.2 Å². The number of carbonyl (C=O) groups excluding carboxylic acids is 3. The maximum Gasteiger partial charge on any atom is 0.324 e. The van der Waals surface area contributed by atoms with Gasteiger partial charge in [-0.05, 0) is 55.6 Å². The van der Waals surface area contributed by atoms with Gasteiger partial charge < -0.3 is 21.7 Å². The molecule has 0 radical (unpaired) electrons. The molecular weight excluding hydrogens is 569 g/mol. The van der Waals surface area contributed by atoms with Crippen molar-refractivity contribution in [3.8, 4) is 0 Å². The molecule has 0 spiro atoms. The summed E-state index contributed by atoms with van der Waals surface area (Å²) in [4.78, 5) is 52.9. The van der Waals surface area contributed by atoms with Crippen molar-refractivity contribution in [2.75, 3.05) is 50.4 Å². The van der Waals surface area contributed by atoms with E-state index in [1.807, 2.05) is 12.1 Å². The molecule has 3 saturated heterocycles. The number of halogens is 2. The highest BCUT2D eigenvalue weighted by Gasteiger charge is 2.38. The highest BCUT2D eigenvalue weighted by atomic mass is 35.5. The molecule has 14 heteroatoms. The molecule has 1 unspecified atom stereocenters. The Bertz CT molecular complexity index is 1350. The smallest absolute Gasteiger partial charge is 0.324 e. The maximum absolute atomic E-state index is 12.7. The number of imide groups is 1. The summed E-state index contributed by atoms with van der Waals surface area (Å²) in [5.74, 6) is -0.579. The molecule has 12 nitrogen and oxygen atoms in total. The summed E-state index contributed by atoms with van der Waals surface area (Å²) in [6.07, 6.45) is 2.99. The van der Waals surface area contributed by atoms with Crippen LogP contribution in [0.15, 0.2) is 18.2 Å². The van der Waals surface area contributed by atoms with Crippen molar-refractivity contribution >= 4 is 52.7 Å². The van der Waals surface area contributed by atoms with Gasteiger partial charge in [0.15, 0.2) is 22.5 Å². The highest BCUT2D eigenvalue weighted by molar-refractivity contribution is 6.32. The van der Waals surface area contributed by atoms with E-state index >= 15 is 0 Å². The van der Waals surface area contributed by atoms with Gasteiger partial charge in [0.2, 0.25) is 0 Å². The first-order chi connectivity index (χ1) is 19.6. The fourth-order valence-corrected chi connectivity index (χ4v) is 6.55. The number of urea groups is 1. The second-order valence-electron chi connectivity index (χ2n) is 10.8. The number of benzene rings is 1. The summed E-state index contributed by atoms with van der Waals surface area (Å²) in [6.45, 7) is 6.96. The number of piperazine rings is 1. The van der Waals surface area contributed by atoms with Gasteiger partial charge in [-0.15, -0.1) is 0 Å². The molecule has 1 aromatic carbocycles. The molecule has 2 atom stereocenters. The lowest BCUT2D eigenvalue weighted by Crippen LogP contribution is -2.58. The van der Waals surface area contributed by atoms with Crippen molar-refractivity contribution < 1.29 is 14.4 Å². The van der Waals surface area contributed by atoms with E-state index in [1.165, 1.54) is 7.05 Å². The topological polar surface area (TPSA) is 154 Å². The zero-order chi connectivity index (χ0) is 29.4. The second kappa shape index (κ2) is 12.0. The number of piperidine rings is 1. The molecule has 0 bridgehead atoms. The Morgan fingerprint density at radius 2 is 1.85 bits per heavy atom.